The van der Waals surface area contributed by atoms with Crippen molar-refractivity contribution >= 4 is 5.78 Å². The van der Waals surface area contributed by atoms with Crippen molar-refractivity contribution in [3.8, 4) is 0 Å². The fourth-order valence-corrected chi connectivity index (χ4v) is 0.551. The molecule has 2 heterocycles. The van der Waals surface area contributed by atoms with E-state index >= 15 is 0 Å². The Balaban J connectivity index is 2.95. The number of hydrogen-bond donors (Lipinski definition) is 0. The Labute approximate surface area is 49.5 Å². The summed E-state index contributed by atoms with van der Waals surface area (Å²) in [6, 6.07) is 0. The largest absolute Gasteiger partial charge is 0.273 e. The Bertz CT molecular complexity index is 282. The number of fused-ring (bicyclic) bond motifs is 1. The van der Waals surface area contributed by atoms with Gasteiger partial charge in [0, 0.05) is 6.20 Å². The topological polar surface area (TPSA) is 68.9 Å². The lowest BCUT2D eigenvalue weighted by Gasteiger charge is -1.81. The van der Waals surface area contributed by atoms with E-state index in [0.29, 0.717) is 5.78 Å². The lowest BCUT2D eigenvalue weighted by molar-refractivity contribution is 0.663. The van der Waals surface area contributed by atoms with Gasteiger partial charge in [-0.1, -0.05) is 5.10 Å². The van der Waals surface area contributed by atoms with Crippen LogP contribution in [0.15, 0.2) is 12.4 Å². The monoisotopic (exact) mass is 122 g/mol. The van der Waals surface area contributed by atoms with Crippen LogP contribution in [0.3, 0.4) is 0 Å². The smallest absolute Gasteiger partial charge is 0.217 e. The van der Waals surface area contributed by atoms with Crippen LogP contribution >= 0.6 is 0 Å². The molecule has 0 spiro atoms. The van der Waals surface area contributed by atoms with Gasteiger partial charge in [-0.05, 0) is 15.6 Å². The van der Waals surface area contributed by atoms with E-state index in [1.165, 1.54) is 4.52 Å². The zero-order valence-electron chi connectivity index (χ0n) is 4.34. The number of nitrogens with zero attached hydrogens (tertiary/aromatic N) is 6. The van der Waals surface area contributed by atoms with Gasteiger partial charge in [-0.15, -0.1) is 0 Å². The van der Waals surface area contributed by atoms with Gasteiger partial charge in [0.25, 0.3) is 5.78 Å². The molecule has 0 aliphatic carbocycles. The van der Waals surface area contributed by atoms with Crippen molar-refractivity contribution in [1.82, 2.24) is 30.2 Å². The number of aromatic nitrogens is 6. The molecule has 0 atom stereocenters. The van der Waals surface area contributed by atoms with Crippen molar-refractivity contribution in [2.45, 2.75) is 0 Å². The number of hydrogen-bond acceptors (Lipinski definition) is 5. The molecule has 0 amide bonds. The van der Waals surface area contributed by atoms with Gasteiger partial charge in [0.15, 0.2) is 0 Å². The minimum atomic E-state index is 0.463. The van der Waals surface area contributed by atoms with Crippen molar-refractivity contribution in [1.29, 1.82) is 0 Å². The van der Waals surface area contributed by atoms with Gasteiger partial charge in [0.1, 0.15) is 0 Å². The minimum Gasteiger partial charge on any atom is -0.217 e. The first-order chi connectivity index (χ1) is 4.47. The maximum atomic E-state index is 3.81. The molecular formula is C3H2N6. The van der Waals surface area contributed by atoms with Gasteiger partial charge in [0.2, 0.25) is 0 Å². The van der Waals surface area contributed by atoms with Gasteiger partial charge in [-0.3, -0.25) is 0 Å². The molecule has 6 heteroatoms. The summed E-state index contributed by atoms with van der Waals surface area (Å²) < 4.78 is 1.44. The van der Waals surface area contributed by atoms with Gasteiger partial charge in [-0.2, -0.15) is 4.52 Å². The van der Waals surface area contributed by atoms with E-state index in [-0.39, 0.29) is 0 Å². The molecule has 0 aliphatic rings. The molecule has 0 aromatic carbocycles. The highest BCUT2D eigenvalue weighted by molar-refractivity contribution is 5.20. The van der Waals surface area contributed by atoms with E-state index in [2.05, 4.69) is 25.7 Å². The predicted molar refractivity (Wildman–Crippen MR) is 26.4 cm³/mol. The standard InChI is InChI=1S/C3H2N6/c1-2-9-3(4-1)5-6-7-8-9/h1-2H. The van der Waals surface area contributed by atoms with Crippen molar-refractivity contribution in [2.75, 3.05) is 0 Å². The molecular weight excluding hydrogens is 120 g/mol. The molecule has 0 unspecified atom stereocenters. The second-order valence-corrected chi connectivity index (χ2v) is 1.44. The number of imidazole rings is 1. The van der Waals surface area contributed by atoms with Crippen LogP contribution in [0.2, 0.25) is 0 Å². The zero-order chi connectivity index (χ0) is 6.10. The lowest BCUT2D eigenvalue weighted by Crippen LogP contribution is -1.98. The summed E-state index contributed by atoms with van der Waals surface area (Å²) in [7, 11) is 0. The Morgan fingerprint density at radius 3 is 3.22 bits per heavy atom. The minimum absolute atomic E-state index is 0.463. The van der Waals surface area contributed by atoms with E-state index in [0.717, 1.165) is 0 Å². The van der Waals surface area contributed by atoms with Crippen LogP contribution < -0.4 is 0 Å². The van der Waals surface area contributed by atoms with Crippen molar-refractivity contribution in [3.05, 3.63) is 12.4 Å². The maximum absolute atomic E-state index is 3.81. The molecule has 0 saturated carbocycles. The highest BCUT2D eigenvalue weighted by atomic mass is 15.6. The average Bonchev–Trinajstić information content (AvgIpc) is 2.33. The Morgan fingerprint density at radius 1 is 1.33 bits per heavy atom. The summed E-state index contributed by atoms with van der Waals surface area (Å²) in [6.45, 7) is 0. The van der Waals surface area contributed by atoms with E-state index < -0.39 is 0 Å². The highest BCUT2D eigenvalue weighted by Crippen LogP contribution is 1.84. The zero-order valence-corrected chi connectivity index (χ0v) is 4.34. The van der Waals surface area contributed by atoms with E-state index in [4.69, 9.17) is 0 Å². The van der Waals surface area contributed by atoms with Gasteiger partial charge in [-0.25, -0.2) is 4.98 Å². The van der Waals surface area contributed by atoms with Crippen LogP contribution in [0.1, 0.15) is 0 Å². The fourth-order valence-electron chi connectivity index (χ4n) is 0.551. The molecule has 0 saturated heterocycles. The SMILES string of the molecule is c1cn2nnnnc2n1. The second-order valence-electron chi connectivity index (χ2n) is 1.44. The van der Waals surface area contributed by atoms with Crippen LogP contribution in [-0.2, 0) is 0 Å². The van der Waals surface area contributed by atoms with Crippen molar-refractivity contribution in [2.24, 2.45) is 0 Å². The highest BCUT2D eigenvalue weighted by Gasteiger charge is 1.91. The Morgan fingerprint density at radius 2 is 2.33 bits per heavy atom. The second kappa shape index (κ2) is 1.44. The first kappa shape index (κ1) is 4.30. The fraction of sp³-hybridized carbons (Fsp3) is 0. The van der Waals surface area contributed by atoms with Crippen LogP contribution in [-0.4, -0.2) is 30.2 Å². The van der Waals surface area contributed by atoms with Crippen LogP contribution in [0.4, 0.5) is 0 Å². The van der Waals surface area contributed by atoms with Crippen LogP contribution in [0.25, 0.3) is 5.78 Å². The van der Waals surface area contributed by atoms with Crippen molar-refractivity contribution < 1.29 is 0 Å². The average molecular weight is 122 g/mol. The molecule has 44 valence electrons. The van der Waals surface area contributed by atoms with Crippen LogP contribution in [0.5, 0.6) is 0 Å². The molecule has 2 aromatic rings. The summed E-state index contributed by atoms with van der Waals surface area (Å²) in [5.41, 5.74) is 0. The molecule has 0 aliphatic heterocycles. The lowest BCUT2D eigenvalue weighted by atomic mass is 11.0. The van der Waals surface area contributed by atoms with Crippen molar-refractivity contribution in [3.63, 3.8) is 0 Å². The molecule has 0 bridgehead atoms. The van der Waals surface area contributed by atoms with Gasteiger partial charge < -0.3 is 0 Å². The summed E-state index contributed by atoms with van der Waals surface area (Å²) >= 11 is 0. The summed E-state index contributed by atoms with van der Waals surface area (Å²) in [5, 5.41) is 13.7. The molecule has 2 rings (SSSR count). The molecule has 0 fully saturated rings. The normalized spacial score (nSPS) is 10.2. The Kier molecular flexibility index (Phi) is 0.689. The maximum Gasteiger partial charge on any atom is 0.273 e. The third-order valence-electron chi connectivity index (χ3n) is 0.913. The molecule has 0 N–H and O–H groups in total. The summed E-state index contributed by atoms with van der Waals surface area (Å²) in [6.07, 6.45) is 3.23. The molecule has 2 aromatic heterocycles. The molecule has 0 radical (unpaired) electrons. The first-order valence-corrected chi connectivity index (χ1v) is 2.32. The number of rotatable bonds is 0. The summed E-state index contributed by atoms with van der Waals surface area (Å²) in [5.74, 6) is 0.463. The molecule has 6 nitrogen and oxygen atoms in total. The third kappa shape index (κ3) is 0.525. The van der Waals surface area contributed by atoms with E-state index in [1.54, 1.807) is 12.4 Å². The van der Waals surface area contributed by atoms with Crippen LogP contribution in [0, 0.1) is 0 Å². The van der Waals surface area contributed by atoms with Gasteiger partial charge >= 0.3 is 0 Å². The third-order valence-corrected chi connectivity index (χ3v) is 0.913. The molecule has 9 heavy (non-hydrogen) atoms. The van der Waals surface area contributed by atoms with E-state index in [9.17, 15) is 0 Å². The Hall–Kier alpha value is -1.59. The first-order valence-electron chi connectivity index (χ1n) is 2.32. The summed E-state index contributed by atoms with van der Waals surface area (Å²) in [4.78, 5) is 3.81. The predicted octanol–water partition coefficient (Wildman–Crippen LogP) is -1.09. The quantitative estimate of drug-likeness (QED) is 0.444. The van der Waals surface area contributed by atoms with Gasteiger partial charge in [0.05, 0.1) is 6.20 Å². The van der Waals surface area contributed by atoms with E-state index in [1.807, 2.05) is 0 Å².